The third-order valence-electron chi connectivity index (χ3n) is 2.95. The lowest BCUT2D eigenvalue weighted by Crippen LogP contribution is -2.27. The van der Waals surface area contributed by atoms with Crippen LogP contribution in [0.25, 0.3) is 0 Å². The van der Waals surface area contributed by atoms with E-state index in [2.05, 4.69) is 21.2 Å². The SMILES string of the molecule is Cc1ccc(C(Nc2cccc(Cl)c2)C(N)=O)cc1Br. The van der Waals surface area contributed by atoms with E-state index in [1.807, 2.05) is 37.3 Å². The number of halogens is 2. The van der Waals surface area contributed by atoms with Crippen LogP contribution in [0, 0.1) is 6.92 Å². The fourth-order valence-corrected chi connectivity index (χ4v) is 2.44. The average molecular weight is 354 g/mol. The molecule has 0 radical (unpaired) electrons. The maximum absolute atomic E-state index is 11.7. The highest BCUT2D eigenvalue weighted by Gasteiger charge is 2.18. The molecule has 0 fully saturated rings. The van der Waals surface area contributed by atoms with Gasteiger partial charge in [-0.3, -0.25) is 4.79 Å². The normalized spacial score (nSPS) is 11.9. The van der Waals surface area contributed by atoms with Gasteiger partial charge in [-0.05, 0) is 42.3 Å². The van der Waals surface area contributed by atoms with Crippen molar-refractivity contribution >= 4 is 39.1 Å². The summed E-state index contributed by atoms with van der Waals surface area (Å²) in [6.45, 7) is 1.98. The Morgan fingerprint density at radius 2 is 2.05 bits per heavy atom. The Labute approximate surface area is 131 Å². The second-order valence-corrected chi connectivity index (χ2v) is 5.79. The Balaban J connectivity index is 2.32. The van der Waals surface area contributed by atoms with Crippen molar-refractivity contribution in [2.75, 3.05) is 5.32 Å². The van der Waals surface area contributed by atoms with E-state index in [-0.39, 0.29) is 0 Å². The Morgan fingerprint density at radius 1 is 1.30 bits per heavy atom. The molecule has 0 aliphatic rings. The predicted octanol–water partition coefficient (Wildman–Crippen LogP) is 4.05. The number of nitrogens with one attached hydrogen (secondary N) is 1. The van der Waals surface area contributed by atoms with Gasteiger partial charge in [0.25, 0.3) is 0 Å². The van der Waals surface area contributed by atoms with Gasteiger partial charge in [-0.2, -0.15) is 0 Å². The molecule has 0 aliphatic carbocycles. The summed E-state index contributed by atoms with van der Waals surface area (Å²) in [5.41, 5.74) is 8.14. The molecule has 0 bridgehead atoms. The van der Waals surface area contributed by atoms with E-state index >= 15 is 0 Å². The number of aryl methyl sites for hydroxylation is 1. The van der Waals surface area contributed by atoms with Gasteiger partial charge in [-0.15, -0.1) is 0 Å². The van der Waals surface area contributed by atoms with Gasteiger partial charge in [0, 0.05) is 15.2 Å². The molecular formula is C15H14BrClN2O. The summed E-state index contributed by atoms with van der Waals surface area (Å²) in [6, 6.07) is 12.3. The Kier molecular flexibility index (Phi) is 4.68. The van der Waals surface area contributed by atoms with E-state index in [4.69, 9.17) is 17.3 Å². The number of benzene rings is 2. The van der Waals surface area contributed by atoms with Gasteiger partial charge in [0.1, 0.15) is 6.04 Å². The van der Waals surface area contributed by atoms with Crippen LogP contribution in [0.15, 0.2) is 46.9 Å². The molecule has 1 atom stereocenters. The van der Waals surface area contributed by atoms with Gasteiger partial charge in [0.2, 0.25) is 5.91 Å². The smallest absolute Gasteiger partial charge is 0.244 e. The quantitative estimate of drug-likeness (QED) is 0.871. The number of nitrogens with two attached hydrogens (primary N) is 1. The summed E-state index contributed by atoms with van der Waals surface area (Å²) in [5, 5.41) is 3.70. The van der Waals surface area contributed by atoms with Crippen LogP contribution in [0.4, 0.5) is 5.69 Å². The van der Waals surface area contributed by atoms with Crippen LogP contribution < -0.4 is 11.1 Å². The van der Waals surface area contributed by atoms with E-state index in [0.29, 0.717) is 5.02 Å². The highest BCUT2D eigenvalue weighted by Crippen LogP contribution is 2.25. The lowest BCUT2D eigenvalue weighted by atomic mass is 10.0. The third kappa shape index (κ3) is 3.52. The summed E-state index contributed by atoms with van der Waals surface area (Å²) >= 11 is 9.40. The molecule has 1 unspecified atom stereocenters. The zero-order valence-electron chi connectivity index (χ0n) is 10.9. The molecule has 0 aromatic heterocycles. The van der Waals surface area contributed by atoms with Crippen molar-refractivity contribution in [1.29, 1.82) is 0 Å². The number of rotatable bonds is 4. The summed E-state index contributed by atoms with van der Waals surface area (Å²) in [6.07, 6.45) is 0. The number of hydrogen-bond acceptors (Lipinski definition) is 2. The van der Waals surface area contributed by atoms with E-state index < -0.39 is 11.9 Å². The molecule has 3 N–H and O–H groups in total. The standard InChI is InChI=1S/C15H14BrClN2O/c1-9-5-6-10(7-13(9)16)14(15(18)20)19-12-4-2-3-11(17)8-12/h2-8,14,19H,1H3,(H2,18,20). The van der Waals surface area contributed by atoms with Gasteiger partial charge in [-0.1, -0.05) is 45.7 Å². The third-order valence-corrected chi connectivity index (χ3v) is 4.04. The van der Waals surface area contributed by atoms with Crippen molar-refractivity contribution in [3.05, 3.63) is 63.1 Å². The first-order valence-electron chi connectivity index (χ1n) is 6.05. The fourth-order valence-electron chi connectivity index (χ4n) is 1.85. The Bertz CT molecular complexity index is 646. The van der Waals surface area contributed by atoms with Crippen molar-refractivity contribution in [1.82, 2.24) is 0 Å². The van der Waals surface area contributed by atoms with Gasteiger partial charge >= 0.3 is 0 Å². The van der Waals surface area contributed by atoms with Crippen LogP contribution >= 0.6 is 27.5 Å². The van der Waals surface area contributed by atoms with E-state index in [9.17, 15) is 4.79 Å². The largest absolute Gasteiger partial charge is 0.370 e. The van der Waals surface area contributed by atoms with Crippen molar-refractivity contribution in [2.45, 2.75) is 13.0 Å². The van der Waals surface area contributed by atoms with Crippen LogP contribution in [0.5, 0.6) is 0 Å². The minimum atomic E-state index is -0.606. The molecule has 1 amide bonds. The number of anilines is 1. The predicted molar refractivity (Wildman–Crippen MR) is 85.9 cm³/mol. The lowest BCUT2D eigenvalue weighted by molar-refractivity contribution is -0.118. The van der Waals surface area contributed by atoms with Crippen molar-refractivity contribution in [3.63, 3.8) is 0 Å². The lowest BCUT2D eigenvalue weighted by Gasteiger charge is -2.18. The average Bonchev–Trinajstić information content (AvgIpc) is 2.39. The molecule has 0 spiro atoms. The first-order chi connectivity index (χ1) is 9.47. The number of carbonyl (C=O) groups excluding carboxylic acids is 1. The fraction of sp³-hybridized carbons (Fsp3) is 0.133. The summed E-state index contributed by atoms with van der Waals surface area (Å²) in [5.74, 6) is -0.444. The minimum absolute atomic E-state index is 0.444. The van der Waals surface area contributed by atoms with Crippen LogP contribution in [-0.4, -0.2) is 5.91 Å². The summed E-state index contributed by atoms with van der Waals surface area (Å²) in [7, 11) is 0. The molecule has 2 aromatic carbocycles. The van der Waals surface area contributed by atoms with Gasteiger partial charge in [-0.25, -0.2) is 0 Å². The highest BCUT2D eigenvalue weighted by atomic mass is 79.9. The molecule has 104 valence electrons. The highest BCUT2D eigenvalue weighted by molar-refractivity contribution is 9.10. The maximum atomic E-state index is 11.7. The van der Waals surface area contributed by atoms with Gasteiger partial charge in [0.05, 0.1) is 0 Å². The van der Waals surface area contributed by atoms with Crippen LogP contribution in [0.2, 0.25) is 5.02 Å². The second-order valence-electron chi connectivity index (χ2n) is 4.50. The topological polar surface area (TPSA) is 55.1 Å². The molecule has 2 rings (SSSR count). The monoisotopic (exact) mass is 352 g/mol. The Hall–Kier alpha value is -1.52. The van der Waals surface area contributed by atoms with E-state index in [1.165, 1.54) is 0 Å². The molecule has 0 saturated heterocycles. The molecule has 2 aromatic rings. The maximum Gasteiger partial charge on any atom is 0.244 e. The van der Waals surface area contributed by atoms with Crippen LogP contribution in [0.1, 0.15) is 17.2 Å². The summed E-state index contributed by atoms with van der Waals surface area (Å²) < 4.78 is 0.939. The molecule has 0 heterocycles. The molecule has 3 nitrogen and oxygen atoms in total. The minimum Gasteiger partial charge on any atom is -0.370 e. The summed E-state index contributed by atoms with van der Waals surface area (Å²) in [4.78, 5) is 11.7. The van der Waals surface area contributed by atoms with Crippen molar-refractivity contribution in [2.24, 2.45) is 5.73 Å². The molecule has 5 heteroatoms. The van der Waals surface area contributed by atoms with Gasteiger partial charge in [0.15, 0.2) is 0 Å². The zero-order valence-corrected chi connectivity index (χ0v) is 13.2. The number of amides is 1. The molecule has 20 heavy (non-hydrogen) atoms. The van der Waals surface area contributed by atoms with E-state index in [1.54, 1.807) is 12.1 Å². The molecule has 0 saturated carbocycles. The van der Waals surface area contributed by atoms with Crippen LogP contribution in [0.3, 0.4) is 0 Å². The zero-order chi connectivity index (χ0) is 14.7. The van der Waals surface area contributed by atoms with Gasteiger partial charge < -0.3 is 11.1 Å². The first-order valence-corrected chi connectivity index (χ1v) is 7.22. The van der Waals surface area contributed by atoms with Crippen LogP contribution in [-0.2, 0) is 4.79 Å². The van der Waals surface area contributed by atoms with Crippen molar-refractivity contribution < 1.29 is 4.79 Å². The molecule has 0 aliphatic heterocycles. The second kappa shape index (κ2) is 6.29. The van der Waals surface area contributed by atoms with Crippen molar-refractivity contribution in [3.8, 4) is 0 Å². The first kappa shape index (κ1) is 14.9. The number of primary amides is 1. The molecular weight excluding hydrogens is 340 g/mol. The number of carbonyl (C=O) groups is 1. The Morgan fingerprint density at radius 3 is 2.65 bits per heavy atom. The van der Waals surface area contributed by atoms with E-state index in [0.717, 1.165) is 21.3 Å². The number of hydrogen-bond donors (Lipinski definition) is 2.